The average Bonchev–Trinajstić information content (AvgIpc) is 3.69. The van der Waals surface area contributed by atoms with E-state index in [9.17, 15) is 23.5 Å². The Balaban J connectivity index is 1.19. The molecule has 258 valence electrons. The second-order valence-electron chi connectivity index (χ2n) is 14.3. The number of carbonyl (C=O) groups is 2. The van der Waals surface area contributed by atoms with Crippen LogP contribution in [-0.2, 0) is 20.7 Å². The van der Waals surface area contributed by atoms with Crippen LogP contribution in [0.4, 0.5) is 19.3 Å². The Bertz CT molecular complexity index is 1550. The molecule has 6 rings (SSSR count). The predicted octanol–water partition coefficient (Wildman–Crippen LogP) is 5.46. The number of aliphatic hydroxyl groups is 1. The molecule has 0 aromatic heterocycles. The van der Waals surface area contributed by atoms with E-state index in [1.807, 2.05) is 32.9 Å². The Morgan fingerprint density at radius 2 is 1.88 bits per heavy atom. The van der Waals surface area contributed by atoms with Crippen molar-refractivity contribution in [2.45, 2.75) is 82.8 Å². The van der Waals surface area contributed by atoms with E-state index in [1.165, 1.54) is 17.7 Å². The van der Waals surface area contributed by atoms with Gasteiger partial charge in [-0.1, -0.05) is 18.2 Å². The monoisotopic (exact) mass is 664 g/mol. The van der Waals surface area contributed by atoms with Crippen LogP contribution in [0.15, 0.2) is 60.3 Å². The second kappa shape index (κ2) is 14.4. The van der Waals surface area contributed by atoms with Crippen LogP contribution in [0, 0.1) is 17.6 Å². The highest BCUT2D eigenvalue weighted by Crippen LogP contribution is 2.44. The van der Waals surface area contributed by atoms with Crippen molar-refractivity contribution in [2.24, 2.45) is 5.92 Å². The lowest BCUT2D eigenvalue weighted by atomic mass is 9.99. The molecule has 3 heterocycles. The first-order valence-corrected chi connectivity index (χ1v) is 16.9. The molecule has 3 aliphatic heterocycles. The number of fused-ring (bicyclic) bond motifs is 6. The summed E-state index contributed by atoms with van der Waals surface area (Å²) >= 11 is 0. The molecule has 9 nitrogen and oxygen atoms in total. The summed E-state index contributed by atoms with van der Waals surface area (Å²) < 4.78 is 39.9. The molecule has 0 spiro atoms. The zero-order valence-corrected chi connectivity index (χ0v) is 27.9. The standard InChI is InChI=1S/C37H46F2N4O5/c1-37(2,3)48-36(46)43-21-24-19-42(20-25(24)22-43)28-9-10-29-30(16-28)31-17-34(29)47-11-7-5-4-6-8-35(45)41-32(33(44)18-40-31)14-23-12-26(38)15-27(39)13-23/h5,7,9-10,12-13,15-16,19,25,31-34,40,44H,4,6,8,11,14,17-18,20-22H2,1-3H3,(H,41,45)/t25?,31-,32-,33+,34+/m0/s1. The molecule has 1 aliphatic carbocycles. The van der Waals surface area contributed by atoms with E-state index in [0.29, 0.717) is 44.5 Å². The van der Waals surface area contributed by atoms with Crippen LogP contribution in [0.1, 0.15) is 75.3 Å². The molecule has 2 aromatic rings. The van der Waals surface area contributed by atoms with E-state index < -0.39 is 29.4 Å². The fraction of sp³-hybridized carbons (Fsp3) is 0.514. The topological polar surface area (TPSA) is 103 Å². The quantitative estimate of drug-likeness (QED) is 0.375. The van der Waals surface area contributed by atoms with Gasteiger partial charge < -0.3 is 35.0 Å². The summed E-state index contributed by atoms with van der Waals surface area (Å²) in [6.45, 7) is 8.15. The highest BCUT2D eigenvalue weighted by molar-refractivity contribution is 5.76. The smallest absolute Gasteiger partial charge is 0.410 e. The fourth-order valence-electron chi connectivity index (χ4n) is 7.10. The minimum atomic E-state index is -1.02. The SMILES string of the molecule is CC(C)(C)OC(=O)N1CC2=CN(c3ccc4c(c3)[C@@H]3C[C@H]4OCC=CCCCC(=O)N[C@@H](Cc4cc(F)cc(F)c4)[C@H](O)CN3)CC2C1. The van der Waals surface area contributed by atoms with Crippen LogP contribution in [0.2, 0.25) is 0 Å². The van der Waals surface area contributed by atoms with Gasteiger partial charge in [-0.2, -0.15) is 0 Å². The number of hydrogen-bond donors (Lipinski definition) is 3. The highest BCUT2D eigenvalue weighted by Gasteiger charge is 2.39. The van der Waals surface area contributed by atoms with Gasteiger partial charge in [0.05, 0.1) is 24.9 Å². The van der Waals surface area contributed by atoms with Crippen molar-refractivity contribution in [2.75, 3.05) is 37.7 Å². The number of carbonyl (C=O) groups excluding carboxylic acids is 2. The minimum absolute atomic E-state index is 0.0798. The van der Waals surface area contributed by atoms with Gasteiger partial charge >= 0.3 is 6.09 Å². The fourth-order valence-corrected chi connectivity index (χ4v) is 7.10. The van der Waals surface area contributed by atoms with Crippen molar-refractivity contribution in [1.82, 2.24) is 15.5 Å². The minimum Gasteiger partial charge on any atom is -0.444 e. The molecule has 0 saturated carbocycles. The van der Waals surface area contributed by atoms with Crippen LogP contribution in [0.25, 0.3) is 0 Å². The van der Waals surface area contributed by atoms with Gasteiger partial charge in [0.2, 0.25) is 5.91 Å². The predicted molar refractivity (Wildman–Crippen MR) is 178 cm³/mol. The molecule has 4 aliphatic rings. The largest absolute Gasteiger partial charge is 0.444 e. The normalized spacial score (nSPS) is 26.6. The Kier molecular flexibility index (Phi) is 10.2. The summed E-state index contributed by atoms with van der Waals surface area (Å²) in [6.07, 6.45) is 7.04. The van der Waals surface area contributed by atoms with E-state index in [2.05, 4.69) is 39.9 Å². The van der Waals surface area contributed by atoms with Gasteiger partial charge in [-0.25, -0.2) is 13.6 Å². The summed E-state index contributed by atoms with van der Waals surface area (Å²) in [5, 5.41) is 17.8. The number of likely N-dealkylation sites (tertiary alicyclic amines) is 1. The number of rotatable bonds is 3. The number of aliphatic hydroxyl groups excluding tert-OH is 1. The van der Waals surface area contributed by atoms with E-state index >= 15 is 0 Å². The van der Waals surface area contributed by atoms with Crippen LogP contribution in [0.5, 0.6) is 0 Å². The van der Waals surface area contributed by atoms with Crippen molar-refractivity contribution >= 4 is 17.7 Å². The highest BCUT2D eigenvalue weighted by atomic mass is 19.1. The number of halogens is 2. The number of nitrogens with one attached hydrogen (secondary N) is 2. The third-order valence-corrected chi connectivity index (χ3v) is 9.40. The third kappa shape index (κ3) is 8.25. The molecule has 48 heavy (non-hydrogen) atoms. The Hall–Kier alpha value is -3.80. The number of allylic oxidation sites excluding steroid dienone is 1. The van der Waals surface area contributed by atoms with Gasteiger partial charge in [0.15, 0.2) is 0 Å². The van der Waals surface area contributed by atoms with Crippen molar-refractivity contribution in [3.8, 4) is 0 Å². The molecule has 2 bridgehead atoms. The lowest BCUT2D eigenvalue weighted by Gasteiger charge is -2.27. The molecular formula is C37H46F2N4O5. The van der Waals surface area contributed by atoms with Crippen LogP contribution in [-0.4, -0.2) is 72.5 Å². The molecule has 1 saturated heterocycles. The van der Waals surface area contributed by atoms with Gasteiger partial charge in [0.25, 0.3) is 0 Å². The molecule has 0 radical (unpaired) electrons. The molecule has 1 unspecified atom stereocenters. The molecular weight excluding hydrogens is 618 g/mol. The molecule has 11 heteroatoms. The third-order valence-electron chi connectivity index (χ3n) is 9.40. The summed E-state index contributed by atoms with van der Waals surface area (Å²) in [6, 6.07) is 8.79. The number of ether oxygens (including phenoxy) is 2. The number of amides is 2. The van der Waals surface area contributed by atoms with E-state index in [0.717, 1.165) is 29.4 Å². The maximum absolute atomic E-state index is 14.0. The van der Waals surface area contributed by atoms with Crippen LogP contribution < -0.4 is 15.5 Å². The first kappa shape index (κ1) is 34.1. The molecule has 2 aromatic carbocycles. The van der Waals surface area contributed by atoms with Gasteiger partial charge in [-0.3, -0.25) is 4.79 Å². The van der Waals surface area contributed by atoms with Gasteiger partial charge in [0, 0.05) is 62.5 Å². The van der Waals surface area contributed by atoms with E-state index in [4.69, 9.17) is 9.47 Å². The first-order chi connectivity index (χ1) is 22.9. The summed E-state index contributed by atoms with van der Waals surface area (Å²) in [5.41, 5.74) is 4.23. The number of anilines is 1. The van der Waals surface area contributed by atoms with E-state index in [1.54, 1.807) is 4.90 Å². The maximum atomic E-state index is 14.0. The second-order valence-corrected chi connectivity index (χ2v) is 14.3. The van der Waals surface area contributed by atoms with Crippen LogP contribution >= 0.6 is 0 Å². The van der Waals surface area contributed by atoms with Crippen molar-refractivity contribution < 1.29 is 33.0 Å². The number of benzene rings is 2. The summed E-state index contributed by atoms with van der Waals surface area (Å²) in [7, 11) is 0. The van der Waals surface area contributed by atoms with Gasteiger partial charge in [0.1, 0.15) is 17.2 Å². The summed E-state index contributed by atoms with van der Waals surface area (Å²) in [5.74, 6) is -1.39. The van der Waals surface area contributed by atoms with Crippen molar-refractivity contribution in [3.05, 3.63) is 88.6 Å². The van der Waals surface area contributed by atoms with E-state index in [-0.39, 0.29) is 49.5 Å². The Labute approximate surface area is 281 Å². The number of hydrogen-bond acceptors (Lipinski definition) is 7. The number of nitrogens with zero attached hydrogens (tertiary/aromatic N) is 2. The zero-order valence-electron chi connectivity index (χ0n) is 27.9. The number of β-amino-alcohol motifs (C(OH)–C–C–N with tert-alkyl or cyclic N) is 1. The lowest BCUT2D eigenvalue weighted by molar-refractivity contribution is -0.122. The van der Waals surface area contributed by atoms with Gasteiger partial charge in [-0.05, 0) is 93.0 Å². The van der Waals surface area contributed by atoms with Crippen molar-refractivity contribution in [1.29, 1.82) is 0 Å². The first-order valence-electron chi connectivity index (χ1n) is 16.9. The van der Waals surface area contributed by atoms with Gasteiger partial charge in [-0.15, -0.1) is 0 Å². The zero-order chi connectivity index (χ0) is 34.0. The maximum Gasteiger partial charge on any atom is 0.410 e. The Morgan fingerprint density at radius 3 is 2.62 bits per heavy atom. The Morgan fingerprint density at radius 1 is 1.08 bits per heavy atom. The molecule has 3 N–H and O–H groups in total. The summed E-state index contributed by atoms with van der Waals surface area (Å²) in [4.78, 5) is 29.5. The average molecular weight is 665 g/mol. The lowest BCUT2D eigenvalue weighted by Crippen LogP contribution is -2.49. The molecule has 5 atom stereocenters. The molecule has 2 amide bonds. The molecule has 1 fully saturated rings. The van der Waals surface area contributed by atoms with Crippen LogP contribution in [0.3, 0.4) is 0 Å². The van der Waals surface area contributed by atoms with Crippen molar-refractivity contribution in [3.63, 3.8) is 0 Å².